The summed E-state index contributed by atoms with van der Waals surface area (Å²) in [4.78, 5) is 4.20. The molecule has 0 bridgehead atoms. The molecule has 0 atom stereocenters. The largest absolute Gasteiger partial charge is 0.432 e. The van der Waals surface area contributed by atoms with Gasteiger partial charge in [0.1, 0.15) is 12.0 Å². The van der Waals surface area contributed by atoms with E-state index in [1.807, 2.05) is 24.3 Å². The van der Waals surface area contributed by atoms with Gasteiger partial charge in [-0.3, -0.25) is 0 Å². The van der Waals surface area contributed by atoms with E-state index in [1.54, 1.807) is 13.3 Å². The van der Waals surface area contributed by atoms with Crippen LogP contribution in [0.15, 0.2) is 34.9 Å². The van der Waals surface area contributed by atoms with Crippen molar-refractivity contribution in [2.45, 2.75) is 0 Å². The Hall–Kier alpha value is -1.48. The second-order valence-electron chi connectivity index (χ2n) is 2.77. The summed E-state index contributed by atoms with van der Waals surface area (Å²) in [5.74, 6) is 0. The maximum atomic E-state index is 6.01. The Bertz CT molecular complexity index is 439. The standard InChI is InChI=1S/C10H9ClN2O/c1-12-10-13-9(6-14-10)7-4-2-3-5-8(7)11/h2-6H,1H3,(H,12,13). The Balaban J connectivity index is 2.44. The molecule has 1 N–H and O–H groups in total. The quantitative estimate of drug-likeness (QED) is 0.825. The van der Waals surface area contributed by atoms with E-state index in [4.69, 9.17) is 16.0 Å². The highest BCUT2D eigenvalue weighted by Crippen LogP contribution is 2.27. The zero-order valence-electron chi connectivity index (χ0n) is 7.62. The van der Waals surface area contributed by atoms with Crippen LogP contribution in [0.25, 0.3) is 11.3 Å². The van der Waals surface area contributed by atoms with Crippen molar-refractivity contribution >= 4 is 17.6 Å². The molecule has 72 valence electrons. The van der Waals surface area contributed by atoms with Crippen LogP contribution in [0.4, 0.5) is 6.01 Å². The van der Waals surface area contributed by atoms with Crippen LogP contribution in [-0.2, 0) is 0 Å². The fourth-order valence-corrected chi connectivity index (χ4v) is 1.41. The smallest absolute Gasteiger partial charge is 0.294 e. The van der Waals surface area contributed by atoms with E-state index in [1.165, 1.54) is 0 Å². The van der Waals surface area contributed by atoms with Crippen LogP contribution in [0.1, 0.15) is 0 Å². The average molecular weight is 209 g/mol. The fraction of sp³-hybridized carbons (Fsp3) is 0.100. The molecule has 0 radical (unpaired) electrons. The molecule has 1 aromatic heterocycles. The van der Waals surface area contributed by atoms with Gasteiger partial charge in [0.25, 0.3) is 6.01 Å². The summed E-state index contributed by atoms with van der Waals surface area (Å²) in [7, 11) is 1.75. The van der Waals surface area contributed by atoms with Crippen molar-refractivity contribution in [2.24, 2.45) is 0 Å². The summed E-state index contributed by atoms with van der Waals surface area (Å²) in [5.41, 5.74) is 1.61. The van der Waals surface area contributed by atoms with Crippen molar-refractivity contribution in [1.82, 2.24) is 4.98 Å². The zero-order valence-corrected chi connectivity index (χ0v) is 8.38. The SMILES string of the molecule is CNc1nc(-c2ccccc2Cl)co1. The van der Waals surface area contributed by atoms with E-state index in [0.717, 1.165) is 11.3 Å². The van der Waals surface area contributed by atoms with Gasteiger partial charge in [-0.05, 0) is 6.07 Å². The third kappa shape index (κ3) is 1.59. The first-order valence-corrected chi connectivity index (χ1v) is 4.57. The summed E-state index contributed by atoms with van der Waals surface area (Å²) >= 11 is 6.01. The second kappa shape index (κ2) is 3.72. The maximum Gasteiger partial charge on any atom is 0.294 e. The lowest BCUT2D eigenvalue weighted by atomic mass is 10.2. The van der Waals surface area contributed by atoms with Gasteiger partial charge in [0.2, 0.25) is 0 Å². The molecule has 0 amide bonds. The molecule has 3 nitrogen and oxygen atoms in total. The van der Waals surface area contributed by atoms with Gasteiger partial charge in [0.05, 0.1) is 5.02 Å². The van der Waals surface area contributed by atoms with E-state index in [0.29, 0.717) is 11.0 Å². The Morgan fingerprint density at radius 2 is 2.14 bits per heavy atom. The van der Waals surface area contributed by atoms with Crippen LogP contribution in [0, 0.1) is 0 Å². The molecule has 0 aliphatic carbocycles. The Labute approximate surface area is 86.7 Å². The molecular formula is C10H9ClN2O. The molecular weight excluding hydrogens is 200 g/mol. The Kier molecular flexibility index (Phi) is 2.41. The first-order chi connectivity index (χ1) is 6.81. The second-order valence-corrected chi connectivity index (χ2v) is 3.17. The number of benzene rings is 1. The van der Waals surface area contributed by atoms with Gasteiger partial charge in [-0.1, -0.05) is 29.8 Å². The van der Waals surface area contributed by atoms with Gasteiger partial charge in [0.15, 0.2) is 0 Å². The van der Waals surface area contributed by atoms with Crippen LogP contribution in [0.3, 0.4) is 0 Å². The third-order valence-electron chi connectivity index (χ3n) is 1.87. The summed E-state index contributed by atoms with van der Waals surface area (Å²) in [5, 5.41) is 3.49. The lowest BCUT2D eigenvalue weighted by molar-refractivity contribution is 0.576. The average Bonchev–Trinajstić information content (AvgIpc) is 2.67. The lowest BCUT2D eigenvalue weighted by Gasteiger charge is -1.97. The molecule has 0 unspecified atom stereocenters. The summed E-state index contributed by atoms with van der Waals surface area (Å²) < 4.78 is 5.14. The van der Waals surface area contributed by atoms with Gasteiger partial charge in [-0.2, -0.15) is 4.98 Å². The van der Waals surface area contributed by atoms with Crippen LogP contribution >= 0.6 is 11.6 Å². The van der Waals surface area contributed by atoms with E-state index < -0.39 is 0 Å². The van der Waals surface area contributed by atoms with E-state index in [9.17, 15) is 0 Å². The number of hydrogen-bond acceptors (Lipinski definition) is 3. The number of anilines is 1. The van der Waals surface area contributed by atoms with Crippen LogP contribution in [0.5, 0.6) is 0 Å². The predicted octanol–water partition coefficient (Wildman–Crippen LogP) is 3.04. The summed E-state index contributed by atoms with van der Waals surface area (Å²) in [6, 6.07) is 8.00. The Morgan fingerprint density at radius 3 is 2.79 bits per heavy atom. The number of rotatable bonds is 2. The third-order valence-corrected chi connectivity index (χ3v) is 2.20. The Morgan fingerprint density at radius 1 is 1.36 bits per heavy atom. The molecule has 0 aliphatic rings. The maximum absolute atomic E-state index is 6.01. The van der Waals surface area contributed by atoms with Gasteiger partial charge >= 0.3 is 0 Å². The van der Waals surface area contributed by atoms with Crippen molar-refractivity contribution in [2.75, 3.05) is 12.4 Å². The van der Waals surface area contributed by atoms with E-state index in [2.05, 4.69) is 10.3 Å². The minimum atomic E-state index is 0.486. The molecule has 0 spiro atoms. The molecule has 4 heteroatoms. The number of oxazole rings is 1. The van der Waals surface area contributed by atoms with Crippen LogP contribution in [0.2, 0.25) is 5.02 Å². The molecule has 0 saturated heterocycles. The zero-order chi connectivity index (χ0) is 9.97. The molecule has 0 fully saturated rings. The minimum absolute atomic E-state index is 0.486. The van der Waals surface area contributed by atoms with Crippen molar-refractivity contribution in [1.29, 1.82) is 0 Å². The van der Waals surface area contributed by atoms with Gasteiger partial charge in [-0.15, -0.1) is 0 Å². The monoisotopic (exact) mass is 208 g/mol. The van der Waals surface area contributed by atoms with Crippen molar-refractivity contribution in [3.05, 3.63) is 35.6 Å². The molecule has 2 aromatic rings. The number of hydrogen-bond donors (Lipinski definition) is 1. The first kappa shape index (κ1) is 9.09. The molecule has 14 heavy (non-hydrogen) atoms. The van der Waals surface area contributed by atoms with Crippen molar-refractivity contribution in [3.8, 4) is 11.3 Å². The number of halogens is 1. The highest BCUT2D eigenvalue weighted by Gasteiger charge is 2.07. The van der Waals surface area contributed by atoms with Crippen LogP contribution < -0.4 is 5.32 Å². The van der Waals surface area contributed by atoms with Crippen LogP contribution in [-0.4, -0.2) is 12.0 Å². The predicted molar refractivity (Wildman–Crippen MR) is 56.5 cm³/mol. The number of nitrogens with zero attached hydrogens (tertiary/aromatic N) is 1. The first-order valence-electron chi connectivity index (χ1n) is 4.19. The summed E-state index contributed by atoms with van der Waals surface area (Å²) in [6.45, 7) is 0. The molecule has 1 heterocycles. The van der Waals surface area contributed by atoms with Gasteiger partial charge in [0, 0.05) is 12.6 Å². The normalized spacial score (nSPS) is 10.1. The van der Waals surface area contributed by atoms with Gasteiger partial charge < -0.3 is 9.73 Å². The lowest BCUT2D eigenvalue weighted by Crippen LogP contribution is -1.87. The molecule has 1 aromatic carbocycles. The highest BCUT2D eigenvalue weighted by molar-refractivity contribution is 6.33. The number of aromatic nitrogens is 1. The number of nitrogens with one attached hydrogen (secondary N) is 1. The van der Waals surface area contributed by atoms with Crippen molar-refractivity contribution < 1.29 is 4.42 Å². The minimum Gasteiger partial charge on any atom is -0.432 e. The van der Waals surface area contributed by atoms with Crippen molar-refractivity contribution in [3.63, 3.8) is 0 Å². The molecule has 2 rings (SSSR count). The topological polar surface area (TPSA) is 38.1 Å². The molecule has 0 saturated carbocycles. The van der Waals surface area contributed by atoms with Gasteiger partial charge in [-0.25, -0.2) is 0 Å². The van der Waals surface area contributed by atoms with E-state index >= 15 is 0 Å². The summed E-state index contributed by atoms with van der Waals surface area (Å²) in [6.07, 6.45) is 1.58. The van der Waals surface area contributed by atoms with E-state index in [-0.39, 0.29) is 0 Å². The molecule has 0 aliphatic heterocycles. The highest BCUT2D eigenvalue weighted by atomic mass is 35.5. The fourth-order valence-electron chi connectivity index (χ4n) is 1.18.